The second-order valence-electron chi connectivity index (χ2n) is 3.05. The van der Waals surface area contributed by atoms with Crippen LogP contribution in [0.2, 0.25) is 0 Å². The Balaban J connectivity index is 3.07. The van der Waals surface area contributed by atoms with Crippen LogP contribution in [0.1, 0.15) is 5.69 Å². The van der Waals surface area contributed by atoms with Crippen LogP contribution in [0.15, 0.2) is 10.9 Å². The summed E-state index contributed by atoms with van der Waals surface area (Å²) < 4.78 is 38.9. The molecule has 0 unspecified atom stereocenters. The molecule has 2 rings (SSSR count). The zero-order valence-electron chi connectivity index (χ0n) is 7.57. The van der Waals surface area contributed by atoms with Gasteiger partial charge in [0, 0.05) is 6.07 Å². The molecule has 1 aromatic carbocycles. The summed E-state index contributed by atoms with van der Waals surface area (Å²) in [6.45, 7) is 1.35. The molecule has 0 saturated heterocycles. The highest BCUT2D eigenvalue weighted by molar-refractivity contribution is 5.78. The van der Waals surface area contributed by atoms with Crippen LogP contribution in [0.5, 0.6) is 0 Å². The number of nitrogens with one attached hydrogen (secondary N) is 1. The average Bonchev–Trinajstić information content (AvgIpc) is 2.20. The summed E-state index contributed by atoms with van der Waals surface area (Å²) in [5.74, 6) is -4.50. The minimum atomic E-state index is -1.65. The molecular formula is C9H5F3N2O. The largest absolute Gasteiger partial charge is 0.287 e. The highest BCUT2D eigenvalue weighted by atomic mass is 19.2. The number of hydrogen-bond donors (Lipinski definition) is 1. The molecule has 0 spiro atoms. The van der Waals surface area contributed by atoms with E-state index in [9.17, 15) is 18.0 Å². The Bertz CT molecular complexity index is 606. The van der Waals surface area contributed by atoms with E-state index in [0.29, 0.717) is 6.07 Å². The number of nitrogens with zero attached hydrogens (tertiary/aromatic N) is 1. The normalized spacial score (nSPS) is 10.9. The van der Waals surface area contributed by atoms with E-state index in [1.807, 2.05) is 0 Å². The molecule has 0 bridgehead atoms. The van der Waals surface area contributed by atoms with Crippen molar-refractivity contribution in [2.45, 2.75) is 6.92 Å². The summed E-state index contributed by atoms with van der Waals surface area (Å²) in [6, 6.07) is 0.696. The fourth-order valence-electron chi connectivity index (χ4n) is 1.28. The van der Waals surface area contributed by atoms with E-state index in [4.69, 9.17) is 0 Å². The predicted octanol–water partition coefficient (Wildman–Crippen LogP) is 1.65. The van der Waals surface area contributed by atoms with E-state index in [2.05, 4.69) is 10.2 Å². The number of H-pyrrole nitrogens is 1. The molecule has 0 atom stereocenters. The first-order valence-electron chi connectivity index (χ1n) is 4.05. The minimum Gasteiger partial charge on any atom is -0.287 e. The molecule has 0 aliphatic carbocycles. The van der Waals surface area contributed by atoms with Crippen molar-refractivity contribution in [2.75, 3.05) is 0 Å². The van der Waals surface area contributed by atoms with Gasteiger partial charge >= 0.3 is 0 Å². The number of rotatable bonds is 0. The van der Waals surface area contributed by atoms with Crippen molar-refractivity contribution in [3.8, 4) is 0 Å². The lowest BCUT2D eigenvalue weighted by Crippen LogP contribution is -2.12. The van der Waals surface area contributed by atoms with Crippen LogP contribution >= 0.6 is 0 Å². The maximum absolute atomic E-state index is 13.2. The Labute approximate surface area is 81.5 Å². The van der Waals surface area contributed by atoms with Crippen molar-refractivity contribution in [3.05, 3.63) is 39.4 Å². The monoisotopic (exact) mass is 214 g/mol. The van der Waals surface area contributed by atoms with Crippen LogP contribution in [-0.2, 0) is 0 Å². The Kier molecular flexibility index (Phi) is 1.99. The van der Waals surface area contributed by atoms with Crippen molar-refractivity contribution < 1.29 is 13.2 Å². The molecule has 0 aliphatic heterocycles. The lowest BCUT2D eigenvalue weighted by molar-refractivity contribution is 0.453. The third kappa shape index (κ3) is 1.29. The fourth-order valence-corrected chi connectivity index (χ4v) is 1.28. The summed E-state index contributed by atoms with van der Waals surface area (Å²) in [5, 5.41) is 5.28. The molecule has 6 heteroatoms. The Morgan fingerprint density at radius 3 is 2.60 bits per heavy atom. The number of aryl methyl sites for hydroxylation is 1. The average molecular weight is 214 g/mol. The van der Waals surface area contributed by atoms with Crippen molar-refractivity contribution in [1.82, 2.24) is 10.2 Å². The van der Waals surface area contributed by atoms with E-state index < -0.39 is 28.3 Å². The number of benzene rings is 1. The number of aromatic amines is 1. The van der Waals surface area contributed by atoms with Crippen LogP contribution in [-0.4, -0.2) is 10.2 Å². The smallest absolute Gasteiger partial charge is 0.213 e. The molecule has 78 valence electrons. The number of hydrogen-bond acceptors (Lipinski definition) is 2. The molecule has 1 N–H and O–H groups in total. The van der Waals surface area contributed by atoms with E-state index in [0.717, 1.165) is 0 Å². The van der Waals surface area contributed by atoms with Crippen molar-refractivity contribution in [1.29, 1.82) is 0 Å². The predicted molar refractivity (Wildman–Crippen MR) is 47.0 cm³/mol. The molecule has 1 aromatic heterocycles. The van der Waals surface area contributed by atoms with Gasteiger partial charge in [-0.2, -0.15) is 5.10 Å². The van der Waals surface area contributed by atoms with Crippen molar-refractivity contribution in [3.63, 3.8) is 0 Å². The number of aromatic nitrogens is 2. The first-order valence-corrected chi connectivity index (χ1v) is 4.05. The summed E-state index contributed by atoms with van der Waals surface area (Å²) in [4.78, 5) is 11.4. The van der Waals surface area contributed by atoms with Gasteiger partial charge in [-0.25, -0.2) is 13.2 Å². The number of fused-ring (bicyclic) bond motifs is 1. The third-order valence-corrected chi connectivity index (χ3v) is 2.06. The first kappa shape index (κ1) is 9.70. The van der Waals surface area contributed by atoms with Gasteiger partial charge in [-0.1, -0.05) is 0 Å². The molecule has 0 aliphatic rings. The molecule has 0 saturated carbocycles. The second kappa shape index (κ2) is 3.08. The second-order valence-corrected chi connectivity index (χ2v) is 3.05. The molecule has 3 nitrogen and oxygen atoms in total. The van der Waals surface area contributed by atoms with Crippen molar-refractivity contribution in [2.24, 2.45) is 0 Å². The van der Waals surface area contributed by atoms with Gasteiger partial charge in [0.1, 0.15) is 5.69 Å². The Morgan fingerprint density at radius 1 is 1.27 bits per heavy atom. The van der Waals surface area contributed by atoms with Crippen LogP contribution in [0.4, 0.5) is 13.2 Å². The summed E-state index contributed by atoms with van der Waals surface area (Å²) in [7, 11) is 0. The van der Waals surface area contributed by atoms with Gasteiger partial charge < -0.3 is 0 Å². The maximum Gasteiger partial charge on any atom is 0.213 e. The van der Waals surface area contributed by atoms with Crippen molar-refractivity contribution >= 4 is 10.9 Å². The SMILES string of the molecule is Cc1n[nH]c2cc(F)c(F)c(F)c2c1=O. The third-order valence-electron chi connectivity index (χ3n) is 2.06. The van der Waals surface area contributed by atoms with Gasteiger partial charge in [0.25, 0.3) is 0 Å². The molecule has 0 fully saturated rings. The van der Waals surface area contributed by atoms with Crippen LogP contribution in [0.25, 0.3) is 10.9 Å². The Morgan fingerprint density at radius 2 is 1.93 bits per heavy atom. The van der Waals surface area contributed by atoms with Crippen LogP contribution in [0, 0.1) is 24.4 Å². The first-order chi connectivity index (χ1) is 7.02. The summed E-state index contributed by atoms with van der Waals surface area (Å²) in [6.07, 6.45) is 0. The topological polar surface area (TPSA) is 45.8 Å². The molecule has 15 heavy (non-hydrogen) atoms. The molecule has 0 radical (unpaired) electrons. The maximum atomic E-state index is 13.2. The van der Waals surface area contributed by atoms with E-state index in [1.54, 1.807) is 0 Å². The van der Waals surface area contributed by atoms with Gasteiger partial charge in [-0.3, -0.25) is 9.89 Å². The standard InChI is InChI=1S/C9H5F3N2O/c1-3-9(15)6-5(14-13-3)2-4(10)7(11)8(6)12/h2H,1H3,(H,14,15). The highest BCUT2D eigenvalue weighted by Gasteiger charge is 2.17. The summed E-state index contributed by atoms with van der Waals surface area (Å²) in [5.41, 5.74) is -0.922. The van der Waals surface area contributed by atoms with Gasteiger partial charge in [0.2, 0.25) is 5.43 Å². The van der Waals surface area contributed by atoms with Gasteiger partial charge in [-0.15, -0.1) is 0 Å². The van der Waals surface area contributed by atoms with Crippen LogP contribution in [0.3, 0.4) is 0 Å². The van der Waals surface area contributed by atoms with Gasteiger partial charge in [0.05, 0.1) is 10.9 Å². The van der Waals surface area contributed by atoms with Gasteiger partial charge in [0.15, 0.2) is 17.5 Å². The minimum absolute atomic E-state index is 0.00703. The lowest BCUT2D eigenvalue weighted by Gasteiger charge is -2.01. The van der Waals surface area contributed by atoms with Crippen LogP contribution < -0.4 is 5.43 Å². The number of halogens is 3. The highest BCUT2D eigenvalue weighted by Crippen LogP contribution is 2.18. The Hall–Kier alpha value is -1.85. The molecular weight excluding hydrogens is 209 g/mol. The summed E-state index contributed by atoms with van der Waals surface area (Å²) >= 11 is 0. The van der Waals surface area contributed by atoms with E-state index in [1.165, 1.54) is 6.92 Å². The lowest BCUT2D eigenvalue weighted by atomic mass is 10.2. The quantitative estimate of drug-likeness (QED) is 0.677. The molecule has 0 amide bonds. The molecule has 2 aromatic rings. The zero-order valence-corrected chi connectivity index (χ0v) is 7.57. The van der Waals surface area contributed by atoms with E-state index in [-0.39, 0.29) is 11.2 Å². The van der Waals surface area contributed by atoms with Gasteiger partial charge in [-0.05, 0) is 6.92 Å². The zero-order chi connectivity index (χ0) is 11.2. The fraction of sp³-hybridized carbons (Fsp3) is 0.111. The van der Waals surface area contributed by atoms with E-state index >= 15 is 0 Å². The molecule has 1 heterocycles.